The molecule has 22 heavy (non-hydrogen) atoms. The van der Waals surface area contributed by atoms with Gasteiger partial charge in [0.25, 0.3) is 0 Å². The average molecular weight is 320 g/mol. The molecule has 1 aliphatic rings. The molecule has 1 nitrogen and oxygen atoms in total. The van der Waals surface area contributed by atoms with Crippen LogP contribution in [0, 0.1) is 12.8 Å². The van der Waals surface area contributed by atoms with Crippen LogP contribution in [0.4, 0.5) is 22.0 Å². The molecule has 1 fully saturated rings. The summed E-state index contributed by atoms with van der Waals surface area (Å²) in [6, 6.07) is 2.29. The summed E-state index contributed by atoms with van der Waals surface area (Å²) in [5, 5.41) is 0. The Hall–Kier alpha value is -1.46. The first-order valence-corrected chi connectivity index (χ1v) is 7.24. The highest BCUT2D eigenvalue weighted by Gasteiger charge is 2.45. The maximum atomic E-state index is 14.3. The zero-order valence-electron chi connectivity index (χ0n) is 12.1. The molecule has 0 atom stereocenters. The second-order valence-corrected chi connectivity index (χ2v) is 5.80. The van der Waals surface area contributed by atoms with Gasteiger partial charge in [-0.3, -0.25) is 4.79 Å². The average Bonchev–Trinajstić information content (AvgIpc) is 2.46. The highest BCUT2D eigenvalue weighted by atomic mass is 19.4. The van der Waals surface area contributed by atoms with E-state index >= 15 is 0 Å². The van der Waals surface area contributed by atoms with Crippen molar-refractivity contribution in [2.45, 2.75) is 51.1 Å². The first-order valence-electron chi connectivity index (χ1n) is 7.24. The van der Waals surface area contributed by atoms with E-state index in [1.807, 2.05) is 0 Å². The summed E-state index contributed by atoms with van der Waals surface area (Å²) in [5.41, 5.74) is -2.14. The Morgan fingerprint density at radius 1 is 1.05 bits per heavy atom. The van der Waals surface area contributed by atoms with Gasteiger partial charge in [0.2, 0.25) is 5.78 Å². The fraction of sp³-hybridized carbons (Fsp3) is 0.562. The maximum Gasteiger partial charge on any atom is 0.416 e. The molecule has 1 aliphatic carbocycles. The number of carbonyl (C=O) groups excluding carboxylic acids is 1. The van der Waals surface area contributed by atoms with Crippen LogP contribution in [0.3, 0.4) is 0 Å². The van der Waals surface area contributed by atoms with Gasteiger partial charge in [0, 0.05) is 11.5 Å². The van der Waals surface area contributed by atoms with E-state index in [2.05, 4.69) is 0 Å². The van der Waals surface area contributed by atoms with Crippen LogP contribution in [-0.4, -0.2) is 5.78 Å². The minimum atomic E-state index is -4.72. The second kappa shape index (κ2) is 5.97. The van der Waals surface area contributed by atoms with E-state index in [-0.39, 0.29) is 5.56 Å². The number of alkyl halides is 5. The molecule has 122 valence electrons. The molecule has 0 saturated heterocycles. The topological polar surface area (TPSA) is 17.1 Å². The second-order valence-electron chi connectivity index (χ2n) is 5.80. The fourth-order valence-electron chi connectivity index (χ4n) is 2.89. The Kier molecular flexibility index (Phi) is 4.59. The molecule has 1 aromatic rings. The fourth-order valence-corrected chi connectivity index (χ4v) is 2.89. The van der Waals surface area contributed by atoms with Crippen molar-refractivity contribution < 1.29 is 26.7 Å². The van der Waals surface area contributed by atoms with Gasteiger partial charge in [-0.15, -0.1) is 0 Å². The summed E-state index contributed by atoms with van der Waals surface area (Å²) in [6.07, 6.45) is -1.65. The lowest BCUT2D eigenvalue weighted by Crippen LogP contribution is -2.33. The minimum absolute atomic E-state index is 0.142. The SMILES string of the molecule is Cc1ccc(C(F)(F)C(=O)C2CCCCC2)cc1C(F)(F)F. The lowest BCUT2D eigenvalue weighted by atomic mass is 9.82. The van der Waals surface area contributed by atoms with E-state index in [0.717, 1.165) is 18.6 Å². The van der Waals surface area contributed by atoms with Crippen molar-refractivity contribution in [1.82, 2.24) is 0 Å². The predicted octanol–water partition coefficient (Wildman–Crippen LogP) is 5.26. The summed E-state index contributed by atoms with van der Waals surface area (Å²) in [6.45, 7) is 1.20. The molecule has 0 bridgehead atoms. The Labute approximate surface area is 125 Å². The molecule has 1 aromatic carbocycles. The van der Waals surface area contributed by atoms with Gasteiger partial charge in [-0.25, -0.2) is 0 Å². The Balaban J connectivity index is 2.34. The van der Waals surface area contributed by atoms with Crippen LogP contribution in [0.2, 0.25) is 0 Å². The lowest BCUT2D eigenvalue weighted by molar-refractivity contribution is -0.150. The molecule has 0 aromatic heterocycles. The van der Waals surface area contributed by atoms with Crippen molar-refractivity contribution >= 4 is 5.78 Å². The summed E-state index contributed by atoms with van der Waals surface area (Å²) in [4.78, 5) is 12.0. The third kappa shape index (κ3) is 3.31. The lowest BCUT2D eigenvalue weighted by Gasteiger charge is -2.25. The van der Waals surface area contributed by atoms with Gasteiger partial charge in [-0.1, -0.05) is 31.4 Å². The summed E-state index contributed by atoms with van der Waals surface area (Å²) < 4.78 is 67.2. The zero-order valence-corrected chi connectivity index (χ0v) is 12.1. The van der Waals surface area contributed by atoms with Gasteiger partial charge in [0.15, 0.2) is 0 Å². The van der Waals surface area contributed by atoms with Crippen molar-refractivity contribution in [3.8, 4) is 0 Å². The van der Waals surface area contributed by atoms with E-state index < -0.39 is 34.9 Å². The first-order chi connectivity index (χ1) is 10.1. The molecule has 0 radical (unpaired) electrons. The van der Waals surface area contributed by atoms with E-state index in [0.29, 0.717) is 31.7 Å². The minimum Gasteiger partial charge on any atom is -0.292 e. The number of ketones is 1. The first kappa shape index (κ1) is 16.9. The number of carbonyl (C=O) groups is 1. The predicted molar refractivity (Wildman–Crippen MR) is 71.7 cm³/mol. The van der Waals surface area contributed by atoms with Gasteiger partial charge < -0.3 is 0 Å². The summed E-state index contributed by atoms with van der Waals surface area (Å²) in [5.74, 6) is -5.90. The van der Waals surface area contributed by atoms with Gasteiger partial charge in [-0.2, -0.15) is 22.0 Å². The highest BCUT2D eigenvalue weighted by Crippen LogP contribution is 2.40. The summed E-state index contributed by atoms with van der Waals surface area (Å²) >= 11 is 0. The Morgan fingerprint density at radius 2 is 1.64 bits per heavy atom. The number of Topliss-reactive ketones (excluding diaryl/α,β-unsaturated/α-hetero) is 1. The van der Waals surface area contributed by atoms with Crippen molar-refractivity contribution in [3.63, 3.8) is 0 Å². The molecule has 0 heterocycles. The molecule has 1 saturated carbocycles. The third-order valence-corrected chi connectivity index (χ3v) is 4.19. The van der Waals surface area contributed by atoms with Crippen LogP contribution in [0.5, 0.6) is 0 Å². The van der Waals surface area contributed by atoms with E-state index in [9.17, 15) is 26.7 Å². The molecule has 0 spiro atoms. The number of hydrogen-bond acceptors (Lipinski definition) is 1. The molecule has 0 N–H and O–H groups in total. The van der Waals surface area contributed by atoms with Crippen LogP contribution >= 0.6 is 0 Å². The standard InChI is InChI=1S/C16H17F5O/c1-10-7-8-12(9-13(10)16(19,20)21)15(17,18)14(22)11-5-3-2-4-6-11/h7-9,11H,2-6H2,1H3. The molecule has 6 heteroatoms. The van der Waals surface area contributed by atoms with Crippen LogP contribution in [0.1, 0.15) is 48.8 Å². The smallest absolute Gasteiger partial charge is 0.292 e. The molecule has 0 unspecified atom stereocenters. The van der Waals surface area contributed by atoms with E-state index in [1.165, 1.54) is 6.92 Å². The van der Waals surface area contributed by atoms with Crippen LogP contribution in [0.15, 0.2) is 18.2 Å². The van der Waals surface area contributed by atoms with Crippen molar-refractivity contribution in [3.05, 3.63) is 34.9 Å². The number of rotatable bonds is 3. The number of aryl methyl sites for hydroxylation is 1. The van der Waals surface area contributed by atoms with Crippen LogP contribution < -0.4 is 0 Å². The van der Waals surface area contributed by atoms with E-state index in [4.69, 9.17) is 0 Å². The number of hydrogen-bond donors (Lipinski definition) is 0. The quantitative estimate of drug-likeness (QED) is 0.695. The molecule has 2 rings (SSSR count). The molecular formula is C16H17F5O. The van der Waals surface area contributed by atoms with Crippen molar-refractivity contribution in [2.75, 3.05) is 0 Å². The normalized spacial score (nSPS) is 17.5. The van der Waals surface area contributed by atoms with Crippen molar-refractivity contribution in [2.24, 2.45) is 5.92 Å². The summed E-state index contributed by atoms with van der Waals surface area (Å²) in [7, 11) is 0. The Morgan fingerprint density at radius 3 is 2.18 bits per heavy atom. The van der Waals surface area contributed by atoms with Gasteiger partial charge in [-0.05, 0) is 31.4 Å². The number of halogens is 5. The van der Waals surface area contributed by atoms with Crippen LogP contribution in [0.25, 0.3) is 0 Å². The van der Waals surface area contributed by atoms with Crippen molar-refractivity contribution in [1.29, 1.82) is 0 Å². The zero-order chi connectivity index (χ0) is 16.5. The molecule has 0 aliphatic heterocycles. The third-order valence-electron chi connectivity index (χ3n) is 4.19. The molecular weight excluding hydrogens is 303 g/mol. The van der Waals surface area contributed by atoms with E-state index in [1.54, 1.807) is 0 Å². The maximum absolute atomic E-state index is 14.3. The number of benzene rings is 1. The molecule has 0 amide bonds. The van der Waals surface area contributed by atoms with Crippen LogP contribution in [-0.2, 0) is 16.9 Å². The highest BCUT2D eigenvalue weighted by molar-refractivity contribution is 5.89. The van der Waals surface area contributed by atoms with Gasteiger partial charge in [0.1, 0.15) is 0 Å². The Bertz CT molecular complexity index is 556. The van der Waals surface area contributed by atoms with Gasteiger partial charge >= 0.3 is 12.1 Å². The monoisotopic (exact) mass is 320 g/mol. The largest absolute Gasteiger partial charge is 0.416 e. The van der Waals surface area contributed by atoms with Gasteiger partial charge in [0.05, 0.1) is 5.56 Å².